The fraction of sp³-hybridized carbons (Fsp3) is 0.235. The molecule has 0 spiro atoms. The number of benzene rings is 2. The third kappa shape index (κ3) is 4.90. The van der Waals surface area contributed by atoms with Gasteiger partial charge in [0, 0.05) is 11.8 Å². The largest absolute Gasteiger partial charge is 0.493 e. The highest BCUT2D eigenvalue weighted by Gasteiger charge is 2.37. The van der Waals surface area contributed by atoms with Crippen molar-refractivity contribution in [3.05, 3.63) is 57.1 Å². The topological polar surface area (TPSA) is 90.7 Å². The number of rotatable bonds is 5. The zero-order valence-electron chi connectivity index (χ0n) is 15.1. The highest BCUT2D eigenvalue weighted by molar-refractivity contribution is 6.07. The Kier molecular flexibility index (Phi) is 6.14. The van der Waals surface area contributed by atoms with Crippen LogP contribution < -0.4 is 14.8 Å². The number of nitro benzene ring substituents is 1. The van der Waals surface area contributed by atoms with Gasteiger partial charge in [-0.3, -0.25) is 14.9 Å². The van der Waals surface area contributed by atoms with Gasteiger partial charge in [-0.2, -0.15) is 26.3 Å². The number of carbonyl (C=O) groups is 1. The molecule has 1 N–H and O–H groups in total. The second-order valence-electron chi connectivity index (χ2n) is 5.73. The van der Waals surface area contributed by atoms with Crippen LogP contribution in [-0.2, 0) is 12.4 Å². The molecule has 1 amide bonds. The number of amides is 1. The van der Waals surface area contributed by atoms with Crippen LogP contribution in [0.4, 0.5) is 37.7 Å². The summed E-state index contributed by atoms with van der Waals surface area (Å²) in [5, 5.41) is 13.1. The molecule has 2 aromatic carbocycles. The van der Waals surface area contributed by atoms with Crippen molar-refractivity contribution in [3.63, 3.8) is 0 Å². The van der Waals surface area contributed by atoms with Gasteiger partial charge in [0.15, 0.2) is 11.5 Å². The first-order chi connectivity index (χ1) is 13.8. The van der Waals surface area contributed by atoms with Crippen LogP contribution in [0.25, 0.3) is 0 Å². The Morgan fingerprint density at radius 1 is 0.900 bits per heavy atom. The second-order valence-corrected chi connectivity index (χ2v) is 5.73. The summed E-state index contributed by atoms with van der Waals surface area (Å²) in [4.78, 5) is 22.7. The van der Waals surface area contributed by atoms with Gasteiger partial charge in [-0.25, -0.2) is 0 Å². The van der Waals surface area contributed by atoms with Gasteiger partial charge in [0.05, 0.1) is 36.3 Å². The maximum atomic E-state index is 12.9. The summed E-state index contributed by atoms with van der Waals surface area (Å²) in [6.07, 6.45) is -10.3. The Balaban J connectivity index is 2.56. The molecule has 7 nitrogen and oxygen atoms in total. The Bertz CT molecular complexity index is 956. The summed E-state index contributed by atoms with van der Waals surface area (Å²) < 4.78 is 87.5. The van der Waals surface area contributed by atoms with Gasteiger partial charge in [-0.15, -0.1) is 0 Å². The van der Waals surface area contributed by atoms with Crippen molar-refractivity contribution < 1.29 is 45.5 Å². The van der Waals surface area contributed by atoms with Crippen LogP contribution in [0.15, 0.2) is 30.3 Å². The molecule has 0 atom stereocenters. The van der Waals surface area contributed by atoms with Gasteiger partial charge in [0.2, 0.25) is 0 Å². The number of nitrogens with one attached hydrogen (secondary N) is 1. The quantitative estimate of drug-likeness (QED) is 0.407. The molecule has 0 bridgehead atoms. The molecule has 0 aliphatic heterocycles. The molecule has 0 aliphatic carbocycles. The molecule has 0 unspecified atom stereocenters. The average Bonchev–Trinajstić information content (AvgIpc) is 2.64. The molecule has 2 aromatic rings. The Morgan fingerprint density at radius 2 is 1.37 bits per heavy atom. The van der Waals surface area contributed by atoms with E-state index in [9.17, 15) is 41.3 Å². The number of hydrogen-bond acceptors (Lipinski definition) is 5. The first-order valence-electron chi connectivity index (χ1n) is 7.79. The number of nitrogens with zero attached hydrogens (tertiary/aromatic N) is 1. The minimum Gasteiger partial charge on any atom is -0.493 e. The molecular weight excluding hydrogens is 426 g/mol. The lowest BCUT2D eigenvalue weighted by atomic mass is 10.1. The summed E-state index contributed by atoms with van der Waals surface area (Å²) in [7, 11) is 2.33. The maximum absolute atomic E-state index is 12.9. The monoisotopic (exact) mass is 438 g/mol. The van der Waals surface area contributed by atoms with Gasteiger partial charge in [-0.05, 0) is 18.2 Å². The number of anilines is 1. The van der Waals surface area contributed by atoms with Crippen molar-refractivity contribution in [2.75, 3.05) is 19.5 Å². The summed E-state index contributed by atoms with van der Waals surface area (Å²) in [5.74, 6) is -1.55. The third-order valence-corrected chi connectivity index (χ3v) is 3.79. The van der Waals surface area contributed by atoms with Crippen molar-refractivity contribution in [3.8, 4) is 11.5 Å². The molecule has 13 heteroatoms. The van der Waals surface area contributed by atoms with Crippen LogP contribution in [0, 0.1) is 10.1 Å². The van der Waals surface area contributed by atoms with Crippen LogP contribution >= 0.6 is 0 Å². The summed E-state index contributed by atoms with van der Waals surface area (Å²) in [6, 6.07) is 2.15. The highest BCUT2D eigenvalue weighted by atomic mass is 19.4. The van der Waals surface area contributed by atoms with Crippen molar-refractivity contribution in [1.29, 1.82) is 0 Å². The minimum absolute atomic E-state index is 0.112. The molecule has 0 saturated heterocycles. The lowest BCUT2D eigenvalue weighted by molar-refractivity contribution is -0.385. The molecule has 0 saturated carbocycles. The van der Waals surface area contributed by atoms with Crippen LogP contribution in [-0.4, -0.2) is 25.1 Å². The summed E-state index contributed by atoms with van der Waals surface area (Å²) >= 11 is 0. The minimum atomic E-state index is -5.13. The van der Waals surface area contributed by atoms with Crippen molar-refractivity contribution in [1.82, 2.24) is 0 Å². The van der Waals surface area contributed by atoms with E-state index < -0.39 is 51.2 Å². The van der Waals surface area contributed by atoms with E-state index in [0.717, 1.165) is 19.2 Å². The summed E-state index contributed by atoms with van der Waals surface area (Å²) in [6.45, 7) is 0. The predicted octanol–water partition coefficient (Wildman–Crippen LogP) is 4.90. The summed E-state index contributed by atoms with van der Waals surface area (Å²) in [5.41, 5.74) is -5.63. The number of nitro groups is 1. The van der Waals surface area contributed by atoms with Crippen LogP contribution in [0.1, 0.15) is 21.5 Å². The Labute approximate surface area is 164 Å². The lowest BCUT2D eigenvalue weighted by Crippen LogP contribution is -2.17. The van der Waals surface area contributed by atoms with Gasteiger partial charge < -0.3 is 14.8 Å². The number of carbonyl (C=O) groups excluding carboxylic acids is 1. The second kappa shape index (κ2) is 8.08. The molecule has 2 rings (SSSR count). The molecule has 162 valence electrons. The zero-order chi connectivity index (χ0) is 22.9. The molecule has 30 heavy (non-hydrogen) atoms. The maximum Gasteiger partial charge on any atom is 0.416 e. The molecular formula is C17H12F6N2O5. The lowest BCUT2D eigenvalue weighted by Gasteiger charge is -2.15. The van der Waals surface area contributed by atoms with Gasteiger partial charge in [0.1, 0.15) is 5.56 Å². The van der Waals surface area contributed by atoms with Gasteiger partial charge >= 0.3 is 12.4 Å². The number of methoxy groups -OCH3 is 2. The third-order valence-electron chi connectivity index (χ3n) is 3.79. The standard InChI is InChI=1S/C17H12F6N2O5/c1-29-13-6-11(12(25(27)28)7-14(13)30-2)15(26)24-10-4-8(16(18,19)20)3-9(5-10)17(21,22)23/h3-7H,1-2H3,(H,24,26). The molecule has 0 fully saturated rings. The SMILES string of the molecule is COc1cc(C(=O)Nc2cc(C(F)(F)F)cc(C(F)(F)F)c2)c([N+](=O)[O-])cc1OC. The highest BCUT2D eigenvalue weighted by Crippen LogP contribution is 2.38. The fourth-order valence-electron chi connectivity index (χ4n) is 2.43. The Morgan fingerprint density at radius 3 is 1.77 bits per heavy atom. The number of halogens is 6. The molecule has 0 aromatic heterocycles. The van der Waals surface area contributed by atoms with E-state index in [2.05, 4.69) is 0 Å². The van der Waals surface area contributed by atoms with E-state index in [1.54, 1.807) is 0 Å². The van der Waals surface area contributed by atoms with E-state index >= 15 is 0 Å². The Hall–Kier alpha value is -3.51. The average molecular weight is 438 g/mol. The number of alkyl halides is 6. The smallest absolute Gasteiger partial charge is 0.416 e. The molecule has 0 aliphatic rings. The van der Waals surface area contributed by atoms with Gasteiger partial charge in [-0.1, -0.05) is 0 Å². The van der Waals surface area contributed by atoms with E-state index in [0.29, 0.717) is 0 Å². The molecule has 0 radical (unpaired) electrons. The first-order valence-corrected chi connectivity index (χ1v) is 7.79. The fourth-order valence-corrected chi connectivity index (χ4v) is 2.43. The normalized spacial score (nSPS) is 11.7. The molecule has 0 heterocycles. The predicted molar refractivity (Wildman–Crippen MR) is 90.6 cm³/mol. The van der Waals surface area contributed by atoms with E-state index in [1.807, 2.05) is 5.32 Å². The van der Waals surface area contributed by atoms with Crippen LogP contribution in [0.2, 0.25) is 0 Å². The van der Waals surface area contributed by atoms with Crippen molar-refractivity contribution >= 4 is 17.3 Å². The van der Waals surface area contributed by atoms with Gasteiger partial charge in [0.25, 0.3) is 11.6 Å². The van der Waals surface area contributed by atoms with Crippen molar-refractivity contribution in [2.45, 2.75) is 12.4 Å². The van der Waals surface area contributed by atoms with E-state index in [1.165, 1.54) is 7.11 Å². The zero-order valence-corrected chi connectivity index (χ0v) is 15.1. The number of ether oxygens (including phenoxy) is 2. The first kappa shape index (κ1) is 22.8. The van der Waals surface area contributed by atoms with Crippen LogP contribution in [0.3, 0.4) is 0 Å². The number of hydrogen-bond donors (Lipinski definition) is 1. The van der Waals surface area contributed by atoms with E-state index in [4.69, 9.17) is 9.47 Å². The van der Waals surface area contributed by atoms with Crippen LogP contribution in [0.5, 0.6) is 11.5 Å². The van der Waals surface area contributed by atoms with Crippen molar-refractivity contribution in [2.24, 2.45) is 0 Å². The van der Waals surface area contributed by atoms with E-state index in [-0.39, 0.29) is 29.7 Å².